The summed E-state index contributed by atoms with van der Waals surface area (Å²) in [7, 11) is 0. The van der Waals surface area contributed by atoms with Crippen molar-refractivity contribution >= 4 is 32.6 Å². The molecule has 0 spiro atoms. The van der Waals surface area contributed by atoms with Gasteiger partial charge in [0.05, 0.1) is 11.0 Å². The maximum absolute atomic E-state index is 2.40. The largest absolute Gasteiger partial charge is 3.00 e. The number of fused-ring (bicyclic) bond motifs is 4. The van der Waals surface area contributed by atoms with Crippen LogP contribution >= 0.6 is 0 Å². The van der Waals surface area contributed by atoms with Crippen molar-refractivity contribution in [2.45, 2.75) is 6.92 Å². The Bertz CT molecular complexity index is 1120. The van der Waals surface area contributed by atoms with Crippen molar-refractivity contribution in [3.63, 3.8) is 0 Å². The van der Waals surface area contributed by atoms with Crippen molar-refractivity contribution < 1.29 is 26.2 Å². The second kappa shape index (κ2) is 7.68. The van der Waals surface area contributed by atoms with Gasteiger partial charge in [0.1, 0.15) is 0 Å². The zero-order valence-corrected chi connectivity index (χ0v) is 17.9. The third kappa shape index (κ3) is 2.87. The Morgan fingerprint density at radius 1 is 0.692 bits per heavy atom. The standard InChI is InChI=1S/C22H16N.2CH3.Zr/c1-15-13-16-7-6-12-22(19(16)14-15)23-20-10-4-2-8-17(20)18-9-3-5-11-21(18)23;;;/h2-14H,1H3;2*1H3;/q3*-1;+3. The van der Waals surface area contributed by atoms with E-state index in [1.54, 1.807) is 0 Å². The number of hydrogen-bond acceptors (Lipinski definition) is 0. The van der Waals surface area contributed by atoms with Gasteiger partial charge in [0, 0.05) is 16.5 Å². The van der Waals surface area contributed by atoms with Crippen LogP contribution in [0.2, 0.25) is 0 Å². The Morgan fingerprint density at radius 2 is 1.27 bits per heavy atom. The minimum atomic E-state index is 0. The van der Waals surface area contributed by atoms with Crippen molar-refractivity contribution in [2.75, 3.05) is 0 Å². The Labute approximate surface area is 174 Å². The van der Waals surface area contributed by atoms with Gasteiger partial charge in [-0.2, -0.15) is 6.07 Å². The molecule has 0 aliphatic heterocycles. The summed E-state index contributed by atoms with van der Waals surface area (Å²) >= 11 is 0. The predicted molar refractivity (Wildman–Crippen MR) is 111 cm³/mol. The van der Waals surface area contributed by atoms with Gasteiger partial charge in [-0.15, -0.1) is 34.5 Å². The molecule has 1 nitrogen and oxygen atoms in total. The fourth-order valence-corrected chi connectivity index (χ4v) is 3.75. The smallest absolute Gasteiger partial charge is 0.358 e. The molecule has 127 valence electrons. The number of nitrogens with zero attached hydrogens (tertiary/aromatic N) is 1. The first-order valence-electron chi connectivity index (χ1n) is 7.97. The molecule has 1 radical (unpaired) electrons. The monoisotopic (exact) mass is 414 g/mol. The second-order valence-corrected chi connectivity index (χ2v) is 6.18. The topological polar surface area (TPSA) is 4.93 Å². The number of aryl methyl sites for hydroxylation is 1. The molecule has 0 aliphatic carbocycles. The number of aromatic nitrogens is 1. The van der Waals surface area contributed by atoms with Crippen LogP contribution in [0.25, 0.3) is 38.3 Å². The average Bonchev–Trinajstić information content (AvgIpc) is 3.12. The Kier molecular flexibility index (Phi) is 5.99. The Balaban J connectivity index is 0.000000810. The molecule has 4 aromatic carbocycles. The van der Waals surface area contributed by atoms with E-state index in [1.807, 2.05) is 0 Å². The summed E-state index contributed by atoms with van der Waals surface area (Å²) < 4.78 is 2.40. The summed E-state index contributed by atoms with van der Waals surface area (Å²) in [6.07, 6.45) is 0. The maximum Gasteiger partial charge on any atom is 3.00 e. The van der Waals surface area contributed by atoms with E-state index in [-0.39, 0.29) is 41.1 Å². The van der Waals surface area contributed by atoms with Crippen molar-refractivity contribution in [2.24, 2.45) is 0 Å². The summed E-state index contributed by atoms with van der Waals surface area (Å²) in [5.74, 6) is 0. The molecule has 0 atom stereocenters. The number of hydrogen-bond donors (Lipinski definition) is 0. The SMILES string of the molecule is Cc1cc2c(-n3c4ccccc4c4ccccc43)cccc2[cH-]1.[CH3-].[CH3-].[Zr+3]. The molecule has 0 N–H and O–H groups in total. The molecule has 0 bridgehead atoms. The molecule has 1 aromatic heterocycles. The van der Waals surface area contributed by atoms with Crippen molar-refractivity contribution in [3.05, 3.63) is 99.3 Å². The van der Waals surface area contributed by atoms with E-state index in [0.29, 0.717) is 0 Å². The molecule has 1 heterocycles. The number of para-hydroxylation sites is 2. The van der Waals surface area contributed by atoms with E-state index < -0.39 is 0 Å². The van der Waals surface area contributed by atoms with Gasteiger partial charge in [0.15, 0.2) is 0 Å². The summed E-state index contributed by atoms with van der Waals surface area (Å²) in [5.41, 5.74) is 5.10. The van der Waals surface area contributed by atoms with E-state index in [4.69, 9.17) is 0 Å². The molecule has 5 rings (SSSR count). The van der Waals surface area contributed by atoms with Crippen LogP contribution < -0.4 is 0 Å². The van der Waals surface area contributed by atoms with Gasteiger partial charge in [0.2, 0.25) is 0 Å². The van der Waals surface area contributed by atoms with Crippen LogP contribution in [-0.4, -0.2) is 4.57 Å². The zero-order valence-electron chi connectivity index (χ0n) is 15.5. The van der Waals surface area contributed by atoms with E-state index >= 15 is 0 Å². The van der Waals surface area contributed by atoms with Crippen LogP contribution in [0.3, 0.4) is 0 Å². The summed E-state index contributed by atoms with van der Waals surface area (Å²) in [6, 6.07) is 28.4. The quantitative estimate of drug-likeness (QED) is 0.263. The molecule has 0 fully saturated rings. The normalized spacial score (nSPS) is 10.3. The Morgan fingerprint density at radius 3 is 1.88 bits per heavy atom. The van der Waals surface area contributed by atoms with Crippen LogP contribution in [0.1, 0.15) is 5.56 Å². The van der Waals surface area contributed by atoms with Gasteiger partial charge in [-0.3, -0.25) is 0 Å². The fourth-order valence-electron chi connectivity index (χ4n) is 3.75. The number of rotatable bonds is 1. The van der Waals surface area contributed by atoms with E-state index in [1.165, 1.54) is 43.8 Å². The van der Waals surface area contributed by atoms with Crippen molar-refractivity contribution in [1.29, 1.82) is 0 Å². The van der Waals surface area contributed by atoms with Crippen molar-refractivity contribution in [3.8, 4) is 5.69 Å². The molecule has 0 amide bonds. The molecule has 0 saturated carbocycles. The van der Waals surface area contributed by atoms with Crippen LogP contribution in [-0.2, 0) is 26.2 Å². The van der Waals surface area contributed by atoms with Crippen LogP contribution in [0.15, 0.2) is 78.9 Å². The first-order chi connectivity index (χ1) is 11.3. The van der Waals surface area contributed by atoms with E-state index in [0.717, 1.165) is 0 Å². The van der Waals surface area contributed by atoms with Gasteiger partial charge >= 0.3 is 26.2 Å². The van der Waals surface area contributed by atoms with Gasteiger partial charge in [-0.05, 0) is 12.1 Å². The molecule has 0 saturated heterocycles. The van der Waals surface area contributed by atoms with Crippen molar-refractivity contribution in [1.82, 2.24) is 4.57 Å². The molecule has 26 heavy (non-hydrogen) atoms. The molecular formula is C24H22NZr. The molecule has 5 aromatic rings. The minimum Gasteiger partial charge on any atom is -0.358 e. The van der Waals surface area contributed by atoms with Crippen LogP contribution in [0, 0.1) is 21.8 Å². The summed E-state index contributed by atoms with van der Waals surface area (Å²) in [5, 5.41) is 5.24. The maximum atomic E-state index is 2.40. The first-order valence-corrected chi connectivity index (χ1v) is 7.97. The fraction of sp³-hybridized carbons (Fsp3) is 0.0417. The van der Waals surface area contributed by atoms with Crippen LogP contribution in [0.5, 0.6) is 0 Å². The third-order valence-corrected chi connectivity index (χ3v) is 4.69. The molecule has 0 unspecified atom stereocenters. The molecular weight excluding hydrogens is 393 g/mol. The third-order valence-electron chi connectivity index (χ3n) is 4.69. The minimum absolute atomic E-state index is 0. The van der Waals surface area contributed by atoms with Crippen LogP contribution in [0.4, 0.5) is 0 Å². The summed E-state index contributed by atoms with van der Waals surface area (Å²) in [4.78, 5) is 0. The second-order valence-electron chi connectivity index (χ2n) is 6.18. The predicted octanol–water partition coefficient (Wildman–Crippen LogP) is 6.86. The van der Waals surface area contributed by atoms with E-state index in [9.17, 15) is 0 Å². The van der Waals surface area contributed by atoms with Gasteiger partial charge in [0.25, 0.3) is 0 Å². The van der Waals surface area contributed by atoms with Gasteiger partial charge < -0.3 is 19.4 Å². The first kappa shape index (κ1) is 20.3. The molecule has 2 heteroatoms. The van der Waals surface area contributed by atoms with E-state index in [2.05, 4.69) is 90.4 Å². The number of benzene rings is 3. The summed E-state index contributed by atoms with van der Waals surface area (Å²) in [6.45, 7) is 2.16. The Hall–Kier alpha value is -2.05. The zero-order chi connectivity index (χ0) is 15.4. The average molecular weight is 416 g/mol. The molecule has 0 aliphatic rings. The van der Waals surface area contributed by atoms with Gasteiger partial charge in [-0.1, -0.05) is 49.4 Å². The van der Waals surface area contributed by atoms with Gasteiger partial charge in [-0.25, -0.2) is 0 Å².